The van der Waals surface area contributed by atoms with Crippen LogP contribution in [0.25, 0.3) is 0 Å². The molecular weight excluding hydrogens is 260 g/mol. The molecule has 20 heavy (non-hydrogen) atoms. The van der Waals surface area contributed by atoms with Crippen molar-refractivity contribution in [3.63, 3.8) is 0 Å². The smallest absolute Gasteiger partial charge is 0.339 e. The molecular formula is C15H14O5. The average molecular weight is 274 g/mol. The number of hydrogen-bond donors (Lipinski definition) is 3. The van der Waals surface area contributed by atoms with Gasteiger partial charge in [-0.2, -0.15) is 0 Å². The summed E-state index contributed by atoms with van der Waals surface area (Å²) in [5.74, 6) is -1.09. The van der Waals surface area contributed by atoms with E-state index in [0.29, 0.717) is 5.75 Å². The molecule has 0 aliphatic carbocycles. The van der Waals surface area contributed by atoms with E-state index in [1.54, 1.807) is 31.4 Å². The van der Waals surface area contributed by atoms with Gasteiger partial charge in [0.05, 0.1) is 7.11 Å². The van der Waals surface area contributed by atoms with Crippen molar-refractivity contribution in [3.8, 4) is 17.2 Å². The summed E-state index contributed by atoms with van der Waals surface area (Å²) in [5, 5.41) is 28.7. The Kier molecular flexibility index (Phi) is 3.79. The number of benzene rings is 2. The summed E-state index contributed by atoms with van der Waals surface area (Å²) < 4.78 is 5.04. The van der Waals surface area contributed by atoms with Gasteiger partial charge in [0.1, 0.15) is 22.8 Å². The number of rotatable bonds is 4. The summed E-state index contributed by atoms with van der Waals surface area (Å²) in [6.07, 6.45) is 0.225. The summed E-state index contributed by atoms with van der Waals surface area (Å²) in [5.41, 5.74) is 0.778. The zero-order valence-corrected chi connectivity index (χ0v) is 10.8. The highest BCUT2D eigenvalue weighted by atomic mass is 16.5. The van der Waals surface area contributed by atoms with Gasteiger partial charge in [-0.05, 0) is 29.8 Å². The highest BCUT2D eigenvalue weighted by molar-refractivity contribution is 5.91. The van der Waals surface area contributed by atoms with Gasteiger partial charge in [-0.25, -0.2) is 4.79 Å². The summed E-state index contributed by atoms with van der Waals surface area (Å²) in [4.78, 5) is 11.0. The predicted octanol–water partition coefficient (Wildman–Crippen LogP) is 2.40. The van der Waals surface area contributed by atoms with Crippen LogP contribution in [0.15, 0.2) is 36.4 Å². The van der Waals surface area contributed by atoms with E-state index in [-0.39, 0.29) is 23.3 Å². The molecule has 2 aromatic carbocycles. The molecule has 5 heteroatoms. The minimum Gasteiger partial charge on any atom is -0.508 e. The van der Waals surface area contributed by atoms with Crippen molar-refractivity contribution in [2.45, 2.75) is 6.42 Å². The van der Waals surface area contributed by atoms with Crippen molar-refractivity contribution in [1.29, 1.82) is 0 Å². The Bertz CT molecular complexity index is 631. The van der Waals surface area contributed by atoms with E-state index in [1.165, 1.54) is 12.1 Å². The normalized spacial score (nSPS) is 10.2. The van der Waals surface area contributed by atoms with E-state index in [9.17, 15) is 15.0 Å². The fourth-order valence-electron chi connectivity index (χ4n) is 1.92. The van der Waals surface area contributed by atoms with Gasteiger partial charge in [0.15, 0.2) is 0 Å². The molecule has 2 aromatic rings. The molecule has 0 saturated heterocycles. The molecule has 3 N–H and O–H groups in total. The SMILES string of the molecule is COc1ccc(Cc2c(O)ccc(C(=O)O)c2O)cc1. The summed E-state index contributed by atoms with van der Waals surface area (Å²) in [6, 6.07) is 9.51. The molecule has 0 amide bonds. The van der Waals surface area contributed by atoms with Crippen molar-refractivity contribution in [2.75, 3.05) is 7.11 Å². The number of carbonyl (C=O) groups is 1. The molecule has 0 atom stereocenters. The van der Waals surface area contributed by atoms with Crippen LogP contribution in [0.1, 0.15) is 21.5 Å². The highest BCUT2D eigenvalue weighted by Gasteiger charge is 2.17. The zero-order chi connectivity index (χ0) is 14.7. The van der Waals surface area contributed by atoms with Crippen LogP contribution < -0.4 is 4.74 Å². The molecule has 0 bridgehead atoms. The summed E-state index contributed by atoms with van der Waals surface area (Å²) >= 11 is 0. The van der Waals surface area contributed by atoms with Crippen LogP contribution in [0, 0.1) is 0 Å². The van der Waals surface area contributed by atoms with Crippen LogP contribution in [0.2, 0.25) is 0 Å². The lowest BCUT2D eigenvalue weighted by molar-refractivity contribution is 0.0693. The molecule has 0 aliphatic rings. The molecule has 0 aliphatic heterocycles. The second-order valence-corrected chi connectivity index (χ2v) is 4.29. The standard InChI is InChI=1S/C15H14O5/c1-20-10-4-2-9(3-5-10)8-12-13(16)7-6-11(14(12)17)15(18)19/h2-7,16-17H,8H2,1H3,(H,18,19). The number of phenolic OH excluding ortho intramolecular Hbond substituents is 1. The van der Waals surface area contributed by atoms with Gasteiger partial charge < -0.3 is 20.1 Å². The molecule has 0 fully saturated rings. The van der Waals surface area contributed by atoms with Gasteiger partial charge in [-0.15, -0.1) is 0 Å². The van der Waals surface area contributed by atoms with Crippen molar-refractivity contribution in [2.24, 2.45) is 0 Å². The summed E-state index contributed by atoms with van der Waals surface area (Å²) in [7, 11) is 1.56. The Hall–Kier alpha value is -2.69. The van der Waals surface area contributed by atoms with E-state index in [2.05, 4.69) is 0 Å². The number of hydrogen-bond acceptors (Lipinski definition) is 4. The van der Waals surface area contributed by atoms with Crippen LogP contribution >= 0.6 is 0 Å². The lowest BCUT2D eigenvalue weighted by atomic mass is 10.00. The largest absolute Gasteiger partial charge is 0.508 e. The number of aromatic hydroxyl groups is 2. The molecule has 104 valence electrons. The van der Waals surface area contributed by atoms with E-state index >= 15 is 0 Å². The Balaban J connectivity index is 2.36. The first-order chi connectivity index (χ1) is 9.52. The van der Waals surface area contributed by atoms with Gasteiger partial charge in [0, 0.05) is 12.0 Å². The first kappa shape index (κ1) is 13.7. The Morgan fingerprint density at radius 2 is 1.75 bits per heavy atom. The number of phenols is 2. The van der Waals surface area contributed by atoms with Crippen LogP contribution in [0.3, 0.4) is 0 Å². The van der Waals surface area contributed by atoms with Gasteiger partial charge in [-0.1, -0.05) is 12.1 Å². The topological polar surface area (TPSA) is 87.0 Å². The quantitative estimate of drug-likeness (QED) is 0.797. The van der Waals surface area contributed by atoms with Crippen LogP contribution in [-0.2, 0) is 6.42 Å². The van der Waals surface area contributed by atoms with Crippen molar-refractivity contribution < 1.29 is 24.9 Å². The van der Waals surface area contributed by atoms with Crippen LogP contribution in [0.4, 0.5) is 0 Å². The number of carboxylic acid groups (broad SMARTS) is 1. The maximum Gasteiger partial charge on any atom is 0.339 e. The van der Waals surface area contributed by atoms with Crippen LogP contribution in [-0.4, -0.2) is 28.4 Å². The van der Waals surface area contributed by atoms with E-state index in [0.717, 1.165) is 5.56 Å². The monoisotopic (exact) mass is 274 g/mol. The molecule has 0 spiro atoms. The maximum atomic E-state index is 11.0. The number of ether oxygens (including phenoxy) is 1. The van der Waals surface area contributed by atoms with E-state index in [4.69, 9.17) is 9.84 Å². The fraction of sp³-hybridized carbons (Fsp3) is 0.133. The van der Waals surface area contributed by atoms with Crippen molar-refractivity contribution in [3.05, 3.63) is 53.1 Å². The molecule has 5 nitrogen and oxygen atoms in total. The Morgan fingerprint density at radius 3 is 2.30 bits per heavy atom. The average Bonchev–Trinajstić information content (AvgIpc) is 2.43. The third kappa shape index (κ3) is 2.66. The van der Waals surface area contributed by atoms with Crippen LogP contribution in [0.5, 0.6) is 17.2 Å². The van der Waals surface area contributed by atoms with Gasteiger partial charge in [0.25, 0.3) is 0 Å². The first-order valence-electron chi connectivity index (χ1n) is 5.93. The number of carboxylic acids is 1. The maximum absolute atomic E-state index is 11.0. The highest BCUT2D eigenvalue weighted by Crippen LogP contribution is 2.32. The Labute approximate surface area is 115 Å². The van der Waals surface area contributed by atoms with Crippen molar-refractivity contribution >= 4 is 5.97 Å². The predicted molar refractivity (Wildman–Crippen MR) is 72.5 cm³/mol. The van der Waals surface area contributed by atoms with Gasteiger partial charge in [-0.3, -0.25) is 0 Å². The van der Waals surface area contributed by atoms with Crippen molar-refractivity contribution in [1.82, 2.24) is 0 Å². The molecule has 0 aromatic heterocycles. The number of methoxy groups -OCH3 is 1. The molecule has 0 unspecified atom stereocenters. The molecule has 0 radical (unpaired) electrons. The van der Waals surface area contributed by atoms with E-state index in [1.807, 2.05) is 0 Å². The Morgan fingerprint density at radius 1 is 1.10 bits per heavy atom. The third-order valence-corrected chi connectivity index (χ3v) is 3.03. The second kappa shape index (κ2) is 5.52. The lowest BCUT2D eigenvalue weighted by Crippen LogP contribution is -2.00. The lowest BCUT2D eigenvalue weighted by Gasteiger charge is -2.10. The zero-order valence-electron chi connectivity index (χ0n) is 10.8. The van der Waals surface area contributed by atoms with Gasteiger partial charge >= 0.3 is 5.97 Å². The summed E-state index contributed by atoms with van der Waals surface area (Å²) in [6.45, 7) is 0. The minimum absolute atomic E-state index is 0.136. The molecule has 0 heterocycles. The molecule has 0 saturated carbocycles. The molecule has 2 rings (SSSR count). The third-order valence-electron chi connectivity index (χ3n) is 3.03. The number of aromatic carboxylic acids is 1. The minimum atomic E-state index is -1.24. The second-order valence-electron chi connectivity index (χ2n) is 4.29. The van der Waals surface area contributed by atoms with Gasteiger partial charge in [0.2, 0.25) is 0 Å². The first-order valence-corrected chi connectivity index (χ1v) is 5.93. The van der Waals surface area contributed by atoms with E-state index < -0.39 is 11.7 Å². The fourth-order valence-corrected chi connectivity index (χ4v) is 1.92.